The average Bonchev–Trinajstić information content (AvgIpc) is 1.94. The van der Waals surface area contributed by atoms with Gasteiger partial charge in [0.2, 0.25) is 0 Å². The van der Waals surface area contributed by atoms with Gasteiger partial charge in [-0.3, -0.25) is 0 Å². The lowest BCUT2D eigenvalue weighted by Gasteiger charge is -2.07. The third-order valence-corrected chi connectivity index (χ3v) is 1.98. The first kappa shape index (κ1) is 10.1. The van der Waals surface area contributed by atoms with Crippen LogP contribution in [0.4, 0.5) is 13.2 Å². The topological polar surface area (TPSA) is 0 Å². The lowest BCUT2D eigenvalue weighted by Crippen LogP contribution is -2.11. The molecule has 0 atom stereocenters. The summed E-state index contributed by atoms with van der Waals surface area (Å²) in [4.78, 5) is 0. The zero-order valence-electron chi connectivity index (χ0n) is 7.57. The molecule has 72 valence electrons. The molecule has 0 nitrogen and oxygen atoms in total. The first-order chi connectivity index (χ1) is 5.88. The van der Waals surface area contributed by atoms with Crippen molar-refractivity contribution in [1.29, 1.82) is 0 Å². The Kier molecular flexibility index (Phi) is 2.64. The van der Waals surface area contributed by atoms with Crippen LogP contribution in [-0.4, -0.2) is 6.18 Å². The van der Waals surface area contributed by atoms with E-state index in [2.05, 4.69) is 0 Å². The highest BCUT2D eigenvalue weighted by Gasteiger charge is 2.27. The minimum atomic E-state index is -4.11. The molecule has 0 N–H and O–H groups in total. The van der Waals surface area contributed by atoms with E-state index in [9.17, 15) is 13.2 Å². The summed E-state index contributed by atoms with van der Waals surface area (Å²) in [5.41, 5.74) is 2.25. The Morgan fingerprint density at radius 1 is 1.08 bits per heavy atom. The van der Waals surface area contributed by atoms with Gasteiger partial charge in [-0.25, -0.2) is 0 Å². The second kappa shape index (κ2) is 3.40. The van der Waals surface area contributed by atoms with Crippen molar-refractivity contribution >= 4 is 0 Å². The fourth-order valence-electron chi connectivity index (χ4n) is 1.14. The first-order valence-electron chi connectivity index (χ1n) is 4.01. The molecule has 1 aromatic rings. The molecule has 0 heterocycles. The lowest BCUT2D eigenvalue weighted by molar-refractivity contribution is -0.127. The molecular formula is C10H11F3. The van der Waals surface area contributed by atoms with E-state index < -0.39 is 12.6 Å². The van der Waals surface area contributed by atoms with E-state index in [4.69, 9.17) is 0 Å². The summed E-state index contributed by atoms with van der Waals surface area (Å²) in [5, 5.41) is 0. The Balaban J connectivity index is 2.86. The van der Waals surface area contributed by atoms with Crippen LogP contribution in [0.1, 0.15) is 16.7 Å². The third kappa shape index (κ3) is 3.09. The fraction of sp³-hybridized carbons (Fsp3) is 0.400. The summed E-state index contributed by atoms with van der Waals surface area (Å²) in [6.07, 6.45) is -4.95. The molecule has 0 aliphatic rings. The number of rotatable bonds is 1. The molecule has 0 aromatic heterocycles. The Morgan fingerprint density at radius 2 is 1.69 bits per heavy atom. The number of benzene rings is 1. The predicted molar refractivity (Wildman–Crippen MR) is 45.7 cm³/mol. The predicted octanol–water partition coefficient (Wildman–Crippen LogP) is 3.41. The quantitative estimate of drug-likeness (QED) is 0.633. The van der Waals surface area contributed by atoms with Gasteiger partial charge in [-0.2, -0.15) is 13.2 Å². The van der Waals surface area contributed by atoms with Crippen LogP contribution in [0.5, 0.6) is 0 Å². The highest BCUT2D eigenvalue weighted by Crippen LogP contribution is 2.22. The second-order valence-corrected chi connectivity index (χ2v) is 3.21. The fourth-order valence-corrected chi connectivity index (χ4v) is 1.14. The summed E-state index contributed by atoms with van der Waals surface area (Å²) >= 11 is 0. The van der Waals surface area contributed by atoms with Crippen molar-refractivity contribution < 1.29 is 13.2 Å². The van der Waals surface area contributed by atoms with E-state index in [1.54, 1.807) is 12.1 Å². The molecular weight excluding hydrogens is 177 g/mol. The highest BCUT2D eigenvalue weighted by molar-refractivity contribution is 5.30. The molecule has 0 fully saturated rings. The molecule has 0 unspecified atom stereocenters. The molecule has 0 spiro atoms. The van der Waals surface area contributed by atoms with E-state index in [0.717, 1.165) is 11.1 Å². The van der Waals surface area contributed by atoms with Crippen molar-refractivity contribution in [3.8, 4) is 0 Å². The smallest absolute Gasteiger partial charge is 0.171 e. The standard InChI is InChI=1S/C10H11F3/c1-7-3-4-9(5-8(7)2)6-10(11,12)13/h3-5H,6H2,1-2H3. The average molecular weight is 188 g/mol. The molecule has 0 bridgehead atoms. The molecule has 0 amide bonds. The summed E-state index contributed by atoms with van der Waals surface area (Å²) in [7, 11) is 0. The van der Waals surface area contributed by atoms with Crippen molar-refractivity contribution in [1.82, 2.24) is 0 Å². The van der Waals surface area contributed by atoms with Crippen molar-refractivity contribution in [2.24, 2.45) is 0 Å². The number of halogens is 3. The van der Waals surface area contributed by atoms with Crippen LogP contribution in [0.3, 0.4) is 0 Å². The van der Waals surface area contributed by atoms with E-state index in [0.29, 0.717) is 5.56 Å². The maximum atomic E-state index is 12.0. The monoisotopic (exact) mass is 188 g/mol. The normalized spacial score (nSPS) is 11.8. The molecule has 0 radical (unpaired) electrons. The first-order valence-corrected chi connectivity index (χ1v) is 4.01. The molecule has 1 rings (SSSR count). The number of alkyl halides is 3. The minimum absolute atomic E-state index is 0.329. The van der Waals surface area contributed by atoms with Crippen LogP contribution < -0.4 is 0 Å². The summed E-state index contributed by atoms with van der Waals surface area (Å²) in [6, 6.07) is 4.83. The van der Waals surface area contributed by atoms with E-state index in [-0.39, 0.29) is 0 Å². The number of hydrogen-bond acceptors (Lipinski definition) is 0. The maximum absolute atomic E-state index is 12.0. The van der Waals surface area contributed by atoms with Gasteiger partial charge >= 0.3 is 6.18 Å². The molecule has 0 saturated heterocycles. The van der Waals surface area contributed by atoms with Gasteiger partial charge in [0.15, 0.2) is 0 Å². The largest absolute Gasteiger partial charge is 0.393 e. The zero-order valence-corrected chi connectivity index (χ0v) is 7.57. The van der Waals surface area contributed by atoms with Crippen LogP contribution >= 0.6 is 0 Å². The van der Waals surface area contributed by atoms with Crippen LogP contribution in [0.2, 0.25) is 0 Å². The minimum Gasteiger partial charge on any atom is -0.171 e. The molecule has 0 aliphatic carbocycles. The van der Waals surface area contributed by atoms with Crippen LogP contribution in [0.25, 0.3) is 0 Å². The number of hydrogen-bond donors (Lipinski definition) is 0. The highest BCUT2D eigenvalue weighted by atomic mass is 19.4. The Bertz CT molecular complexity index is 300. The Morgan fingerprint density at radius 3 is 2.15 bits per heavy atom. The van der Waals surface area contributed by atoms with Gasteiger partial charge in [0.05, 0.1) is 6.42 Å². The summed E-state index contributed by atoms with van der Waals surface area (Å²) < 4.78 is 35.9. The Hall–Kier alpha value is -0.990. The molecule has 3 heteroatoms. The van der Waals surface area contributed by atoms with E-state index in [1.807, 2.05) is 13.8 Å². The van der Waals surface area contributed by atoms with Gasteiger partial charge < -0.3 is 0 Å². The summed E-state index contributed by atoms with van der Waals surface area (Å²) in [5.74, 6) is 0. The SMILES string of the molecule is Cc1ccc(CC(F)(F)F)cc1C. The van der Waals surface area contributed by atoms with Gasteiger partial charge in [0, 0.05) is 0 Å². The van der Waals surface area contributed by atoms with Crippen molar-refractivity contribution in [2.75, 3.05) is 0 Å². The summed E-state index contributed by atoms with van der Waals surface area (Å²) in [6.45, 7) is 3.70. The lowest BCUT2D eigenvalue weighted by atomic mass is 10.0. The van der Waals surface area contributed by atoms with Gasteiger partial charge in [-0.15, -0.1) is 0 Å². The molecule has 1 aromatic carbocycles. The van der Waals surface area contributed by atoms with Crippen molar-refractivity contribution in [3.63, 3.8) is 0 Å². The van der Waals surface area contributed by atoms with E-state index in [1.165, 1.54) is 6.07 Å². The van der Waals surface area contributed by atoms with Gasteiger partial charge in [0.25, 0.3) is 0 Å². The van der Waals surface area contributed by atoms with Gasteiger partial charge in [-0.05, 0) is 30.5 Å². The number of aryl methyl sites for hydroxylation is 2. The zero-order chi connectivity index (χ0) is 10.1. The van der Waals surface area contributed by atoms with Crippen LogP contribution in [0, 0.1) is 13.8 Å². The Labute approximate surface area is 75.4 Å². The van der Waals surface area contributed by atoms with Crippen molar-refractivity contribution in [2.45, 2.75) is 26.4 Å². The van der Waals surface area contributed by atoms with Crippen LogP contribution in [0.15, 0.2) is 18.2 Å². The molecule has 0 saturated carbocycles. The maximum Gasteiger partial charge on any atom is 0.393 e. The third-order valence-electron chi connectivity index (χ3n) is 1.98. The van der Waals surface area contributed by atoms with Crippen LogP contribution in [-0.2, 0) is 6.42 Å². The van der Waals surface area contributed by atoms with Gasteiger partial charge in [-0.1, -0.05) is 18.2 Å². The van der Waals surface area contributed by atoms with Gasteiger partial charge in [0.1, 0.15) is 0 Å². The van der Waals surface area contributed by atoms with E-state index >= 15 is 0 Å². The molecule has 13 heavy (non-hydrogen) atoms. The van der Waals surface area contributed by atoms with Crippen molar-refractivity contribution in [3.05, 3.63) is 34.9 Å². The second-order valence-electron chi connectivity index (χ2n) is 3.21. The molecule has 0 aliphatic heterocycles.